The predicted octanol–water partition coefficient (Wildman–Crippen LogP) is 3.87. The van der Waals surface area contributed by atoms with E-state index in [1.807, 2.05) is 0 Å². The number of thioether (sulfide) groups is 1. The second-order valence-electron chi connectivity index (χ2n) is 3.54. The Kier molecular flexibility index (Phi) is 4.86. The molecule has 0 aromatic heterocycles. The minimum Gasteiger partial charge on any atom is -0.478 e. The Balaban J connectivity index is 3.42. The monoisotopic (exact) mass is 312 g/mol. The number of hydrogen-bond acceptors (Lipinski definition) is 3. The van der Waals surface area contributed by atoms with E-state index in [1.54, 1.807) is 0 Å². The van der Waals surface area contributed by atoms with Crippen molar-refractivity contribution < 1.29 is 27.9 Å². The van der Waals surface area contributed by atoms with Gasteiger partial charge in [0.25, 0.3) is 0 Å². The summed E-state index contributed by atoms with van der Waals surface area (Å²) in [6.07, 6.45) is 0. The van der Waals surface area contributed by atoms with Gasteiger partial charge in [-0.2, -0.15) is 13.2 Å². The normalized spacial score (nSPS) is 13.1. The minimum atomic E-state index is -4.60. The minimum absolute atomic E-state index is 0.327. The summed E-state index contributed by atoms with van der Waals surface area (Å²) in [5.41, 5.74) is -5.34. The standard InChI is InChI=1S/C11H8ClF3O3S/c1-5(16)9(12)8-6(10(17)18)3-2-4-7(8)19-11(13,14)15/h2-4,9H,1H3,(H,17,18). The van der Waals surface area contributed by atoms with Crippen LogP contribution in [0.5, 0.6) is 0 Å². The molecule has 0 radical (unpaired) electrons. The number of alkyl halides is 4. The summed E-state index contributed by atoms with van der Waals surface area (Å²) in [5, 5.41) is 7.53. The fourth-order valence-electron chi connectivity index (χ4n) is 1.41. The van der Waals surface area contributed by atoms with Gasteiger partial charge >= 0.3 is 11.5 Å². The van der Waals surface area contributed by atoms with E-state index >= 15 is 0 Å². The van der Waals surface area contributed by atoms with Gasteiger partial charge in [-0.05, 0) is 30.8 Å². The lowest BCUT2D eigenvalue weighted by Crippen LogP contribution is -2.12. The van der Waals surface area contributed by atoms with Gasteiger partial charge in [0.15, 0.2) is 5.78 Å². The molecule has 0 aliphatic heterocycles. The van der Waals surface area contributed by atoms with Crippen LogP contribution >= 0.6 is 23.4 Å². The number of benzene rings is 1. The van der Waals surface area contributed by atoms with Crippen LogP contribution in [-0.2, 0) is 4.79 Å². The molecular weight excluding hydrogens is 305 g/mol. The summed E-state index contributed by atoms with van der Waals surface area (Å²) >= 11 is 5.24. The third kappa shape index (κ3) is 4.14. The first-order valence-corrected chi connectivity index (χ1v) is 6.15. The molecule has 1 aromatic rings. The van der Waals surface area contributed by atoms with E-state index in [4.69, 9.17) is 16.7 Å². The quantitative estimate of drug-likeness (QED) is 0.677. The number of hydrogen-bond donors (Lipinski definition) is 1. The number of carbonyl (C=O) groups excluding carboxylic acids is 1. The lowest BCUT2D eigenvalue weighted by molar-refractivity contribution is -0.116. The van der Waals surface area contributed by atoms with Crippen molar-refractivity contribution in [2.45, 2.75) is 22.7 Å². The molecule has 0 amide bonds. The summed E-state index contributed by atoms with van der Waals surface area (Å²) in [5.74, 6) is -2.06. The van der Waals surface area contributed by atoms with Gasteiger partial charge in [-0.1, -0.05) is 6.07 Å². The van der Waals surface area contributed by atoms with Gasteiger partial charge in [-0.15, -0.1) is 11.6 Å². The third-order valence-electron chi connectivity index (χ3n) is 2.13. The summed E-state index contributed by atoms with van der Waals surface area (Å²) in [6.45, 7) is 1.08. The molecule has 1 rings (SSSR count). The highest BCUT2D eigenvalue weighted by atomic mass is 35.5. The van der Waals surface area contributed by atoms with E-state index in [-0.39, 0.29) is 10.5 Å². The molecule has 3 nitrogen and oxygen atoms in total. The molecule has 0 heterocycles. The van der Waals surface area contributed by atoms with E-state index in [0.29, 0.717) is 0 Å². The lowest BCUT2D eigenvalue weighted by atomic mass is 10.0. The van der Waals surface area contributed by atoms with E-state index in [0.717, 1.165) is 19.1 Å². The van der Waals surface area contributed by atoms with E-state index in [1.165, 1.54) is 6.07 Å². The average Bonchev–Trinajstić information content (AvgIpc) is 2.25. The fourth-order valence-corrected chi connectivity index (χ4v) is 2.44. The van der Waals surface area contributed by atoms with Gasteiger partial charge < -0.3 is 5.11 Å². The Morgan fingerprint density at radius 1 is 1.37 bits per heavy atom. The number of Topliss-reactive ketones (excluding diaryl/α,β-unsaturated/α-hetero) is 1. The van der Waals surface area contributed by atoms with Gasteiger partial charge in [-0.3, -0.25) is 4.79 Å². The Morgan fingerprint density at radius 2 is 1.95 bits per heavy atom. The Morgan fingerprint density at radius 3 is 2.37 bits per heavy atom. The maximum Gasteiger partial charge on any atom is 0.446 e. The van der Waals surface area contributed by atoms with Crippen LogP contribution in [0.25, 0.3) is 0 Å². The van der Waals surface area contributed by atoms with Crippen LogP contribution in [0.3, 0.4) is 0 Å². The fraction of sp³-hybridized carbons (Fsp3) is 0.273. The molecule has 0 bridgehead atoms. The lowest BCUT2D eigenvalue weighted by Gasteiger charge is -2.16. The zero-order valence-electron chi connectivity index (χ0n) is 9.49. The average molecular weight is 313 g/mol. The highest BCUT2D eigenvalue weighted by Crippen LogP contribution is 2.42. The molecule has 1 atom stereocenters. The summed E-state index contributed by atoms with van der Waals surface area (Å²) in [6, 6.07) is 3.36. The van der Waals surface area contributed by atoms with Crippen molar-refractivity contribution in [2.24, 2.45) is 0 Å². The van der Waals surface area contributed by atoms with Gasteiger partial charge in [0.2, 0.25) is 0 Å². The van der Waals surface area contributed by atoms with Crippen LogP contribution in [0.15, 0.2) is 23.1 Å². The van der Waals surface area contributed by atoms with Gasteiger partial charge in [0.1, 0.15) is 5.38 Å². The van der Waals surface area contributed by atoms with Gasteiger partial charge in [0, 0.05) is 10.5 Å². The van der Waals surface area contributed by atoms with Crippen molar-refractivity contribution in [3.05, 3.63) is 29.3 Å². The highest BCUT2D eigenvalue weighted by Gasteiger charge is 2.33. The second kappa shape index (κ2) is 5.83. The zero-order chi connectivity index (χ0) is 14.8. The smallest absolute Gasteiger partial charge is 0.446 e. The van der Waals surface area contributed by atoms with Crippen molar-refractivity contribution >= 4 is 35.1 Å². The van der Waals surface area contributed by atoms with Crippen molar-refractivity contribution in [1.29, 1.82) is 0 Å². The van der Waals surface area contributed by atoms with Crippen molar-refractivity contribution in [2.75, 3.05) is 0 Å². The molecule has 19 heavy (non-hydrogen) atoms. The van der Waals surface area contributed by atoms with E-state index < -0.39 is 40.0 Å². The van der Waals surface area contributed by atoms with Gasteiger partial charge in [-0.25, -0.2) is 4.79 Å². The summed E-state index contributed by atoms with van der Waals surface area (Å²) in [4.78, 5) is 21.8. The van der Waals surface area contributed by atoms with Crippen LogP contribution < -0.4 is 0 Å². The molecule has 0 saturated carbocycles. The maximum absolute atomic E-state index is 12.4. The zero-order valence-corrected chi connectivity index (χ0v) is 11.1. The molecule has 1 aromatic carbocycles. The Hall–Kier alpha value is -1.21. The first-order valence-electron chi connectivity index (χ1n) is 4.90. The summed E-state index contributed by atoms with van der Waals surface area (Å²) in [7, 11) is 0. The van der Waals surface area contributed by atoms with Crippen molar-refractivity contribution in [3.8, 4) is 0 Å². The first kappa shape index (κ1) is 15.8. The molecule has 104 valence electrons. The second-order valence-corrected chi connectivity index (χ2v) is 5.09. The van der Waals surface area contributed by atoms with Crippen LogP contribution in [0, 0.1) is 0 Å². The number of halogens is 4. The Bertz CT molecular complexity index is 516. The third-order valence-corrected chi connectivity index (χ3v) is 3.47. The maximum atomic E-state index is 12.4. The predicted molar refractivity (Wildman–Crippen MR) is 64.6 cm³/mol. The van der Waals surface area contributed by atoms with E-state index in [2.05, 4.69) is 0 Å². The van der Waals surface area contributed by atoms with Crippen LogP contribution in [0.2, 0.25) is 0 Å². The largest absolute Gasteiger partial charge is 0.478 e. The van der Waals surface area contributed by atoms with E-state index in [9.17, 15) is 22.8 Å². The van der Waals surface area contributed by atoms with Crippen LogP contribution in [0.4, 0.5) is 13.2 Å². The molecule has 8 heteroatoms. The van der Waals surface area contributed by atoms with Crippen LogP contribution in [-0.4, -0.2) is 22.4 Å². The molecular formula is C11H8ClF3O3S. The number of aromatic carboxylic acids is 1. The topological polar surface area (TPSA) is 54.4 Å². The molecule has 0 aliphatic carbocycles. The van der Waals surface area contributed by atoms with Crippen molar-refractivity contribution in [3.63, 3.8) is 0 Å². The first-order chi connectivity index (χ1) is 8.63. The number of carbonyl (C=O) groups is 2. The molecule has 0 spiro atoms. The number of ketones is 1. The van der Waals surface area contributed by atoms with Gasteiger partial charge in [0.05, 0.1) is 5.56 Å². The number of rotatable bonds is 4. The number of carboxylic acid groups (broad SMARTS) is 1. The number of carboxylic acids is 1. The molecule has 0 aliphatic rings. The molecule has 0 fully saturated rings. The SMILES string of the molecule is CC(=O)C(Cl)c1c(SC(F)(F)F)cccc1C(=O)O. The highest BCUT2D eigenvalue weighted by molar-refractivity contribution is 8.00. The summed E-state index contributed by atoms with van der Waals surface area (Å²) < 4.78 is 37.2. The molecule has 1 N–H and O–H groups in total. The molecule has 0 saturated heterocycles. The Labute approximate surface area is 115 Å². The van der Waals surface area contributed by atoms with Crippen molar-refractivity contribution in [1.82, 2.24) is 0 Å². The molecule has 1 unspecified atom stereocenters. The van der Waals surface area contributed by atoms with Crippen LogP contribution in [0.1, 0.15) is 28.2 Å².